The van der Waals surface area contributed by atoms with Crippen molar-refractivity contribution in [3.63, 3.8) is 0 Å². The van der Waals surface area contributed by atoms with Crippen molar-refractivity contribution in [3.05, 3.63) is 47.6 Å². The van der Waals surface area contributed by atoms with Gasteiger partial charge in [-0.05, 0) is 50.2 Å². The second-order valence-electron chi connectivity index (χ2n) is 12.4. The second-order valence-corrected chi connectivity index (χ2v) is 13.4. The lowest BCUT2D eigenvalue weighted by molar-refractivity contribution is -0.205. The fourth-order valence-corrected chi connectivity index (χ4v) is 6.76. The zero-order chi connectivity index (χ0) is 36.2. The van der Waals surface area contributed by atoms with Crippen molar-refractivity contribution in [2.24, 2.45) is 0 Å². The number of thioether (sulfide) groups is 1. The molecular formula is C33H48N4O12S. The van der Waals surface area contributed by atoms with Crippen LogP contribution in [0.3, 0.4) is 0 Å². The number of ether oxygens (including phenoxy) is 2. The van der Waals surface area contributed by atoms with Crippen LogP contribution in [-0.2, 0) is 30.3 Å². The molecule has 0 radical (unpaired) electrons. The van der Waals surface area contributed by atoms with Crippen LogP contribution >= 0.6 is 11.8 Å². The van der Waals surface area contributed by atoms with Crippen LogP contribution in [0.4, 0.5) is 0 Å². The van der Waals surface area contributed by atoms with E-state index in [1.807, 2.05) is 6.08 Å². The number of phenols is 2. The smallest absolute Gasteiger partial charge is 0.342 e. The number of benzene rings is 1. The molecule has 2 amide bonds. The minimum absolute atomic E-state index is 0.00913. The summed E-state index contributed by atoms with van der Waals surface area (Å²) < 4.78 is 10.9. The quantitative estimate of drug-likeness (QED) is 0.0862. The number of likely N-dealkylation sites (N-methyl/N-ethyl adjacent to an activating group) is 1. The molecule has 50 heavy (non-hydrogen) atoms. The summed E-state index contributed by atoms with van der Waals surface area (Å²) in [6.07, 6.45) is 5.32. The number of carbonyl (C=O) groups is 3. The van der Waals surface area contributed by atoms with Gasteiger partial charge in [-0.2, -0.15) is 5.06 Å². The van der Waals surface area contributed by atoms with E-state index in [0.717, 1.165) is 37.1 Å². The number of amides is 2. The van der Waals surface area contributed by atoms with E-state index < -0.39 is 66.2 Å². The molecule has 0 saturated carbocycles. The molecule has 16 nitrogen and oxygen atoms in total. The zero-order valence-corrected chi connectivity index (χ0v) is 28.7. The van der Waals surface area contributed by atoms with Gasteiger partial charge in [-0.25, -0.2) is 10.2 Å². The molecule has 0 bridgehead atoms. The number of piperidine rings is 1. The normalized spacial score (nSPS) is 29.4. The molecule has 2 saturated heterocycles. The summed E-state index contributed by atoms with van der Waals surface area (Å²) in [7, 11) is 1.64. The molecule has 0 spiro atoms. The SMILES string of the molecule is CN(OCC(=O)N1CCCCC1)C1/C=C/CC(NNC(=O)CS[C@@H]2OC(CO)[C@@H](O)C(O)C2O)/C=C/CCOC(=O)c2c(O)cc(O)cc2C1. The lowest BCUT2D eigenvalue weighted by Crippen LogP contribution is -2.57. The molecule has 3 heterocycles. The lowest BCUT2D eigenvalue weighted by atomic mass is 9.97. The van der Waals surface area contributed by atoms with E-state index in [1.165, 1.54) is 11.1 Å². The molecule has 1 aromatic carbocycles. The first-order valence-corrected chi connectivity index (χ1v) is 17.7. The molecule has 7 atom stereocenters. The highest BCUT2D eigenvalue weighted by molar-refractivity contribution is 8.00. The Kier molecular flexibility index (Phi) is 15.3. The number of hydroxylamine groups is 2. The van der Waals surface area contributed by atoms with Crippen LogP contribution in [0.1, 0.15) is 48.0 Å². The minimum Gasteiger partial charge on any atom is -0.508 e. The number of nitrogens with zero attached hydrogens (tertiary/aromatic N) is 2. The molecule has 0 aliphatic carbocycles. The van der Waals surface area contributed by atoms with Crippen molar-refractivity contribution in [2.75, 3.05) is 45.7 Å². The molecule has 17 heteroatoms. The first-order chi connectivity index (χ1) is 24.0. The maximum Gasteiger partial charge on any atom is 0.342 e. The highest BCUT2D eigenvalue weighted by Crippen LogP contribution is 2.31. The number of rotatable bonds is 10. The number of phenolic OH excluding ortho intramolecular Hbond substituents is 2. The van der Waals surface area contributed by atoms with E-state index in [-0.39, 0.29) is 42.6 Å². The first-order valence-electron chi connectivity index (χ1n) is 16.6. The molecule has 8 N–H and O–H groups in total. The highest BCUT2D eigenvalue weighted by Gasteiger charge is 2.43. The van der Waals surface area contributed by atoms with Gasteiger partial charge >= 0.3 is 5.97 Å². The Labute approximate surface area is 294 Å². The van der Waals surface area contributed by atoms with Gasteiger partial charge in [0.25, 0.3) is 5.91 Å². The van der Waals surface area contributed by atoms with Gasteiger partial charge in [-0.15, -0.1) is 11.8 Å². The number of fused-ring (bicyclic) bond motifs is 1. The van der Waals surface area contributed by atoms with E-state index in [4.69, 9.17) is 14.3 Å². The van der Waals surface area contributed by atoms with Gasteiger partial charge in [-0.1, -0.05) is 24.3 Å². The summed E-state index contributed by atoms with van der Waals surface area (Å²) in [5.41, 5.74) is 4.72. The first kappa shape index (κ1) is 39.5. The number of esters is 1. The lowest BCUT2D eigenvalue weighted by Gasteiger charge is -2.39. The van der Waals surface area contributed by atoms with Crippen molar-refractivity contribution in [3.8, 4) is 11.5 Å². The number of carbonyl (C=O) groups excluding carboxylic acids is 3. The number of likely N-dealkylation sites (tertiary alicyclic amines) is 1. The Morgan fingerprint density at radius 3 is 2.56 bits per heavy atom. The third-order valence-corrected chi connectivity index (χ3v) is 9.79. The van der Waals surface area contributed by atoms with E-state index in [9.17, 15) is 45.0 Å². The van der Waals surface area contributed by atoms with Gasteiger partial charge in [-0.3, -0.25) is 19.9 Å². The van der Waals surface area contributed by atoms with Crippen LogP contribution in [0.25, 0.3) is 0 Å². The van der Waals surface area contributed by atoms with Crippen LogP contribution in [0.5, 0.6) is 11.5 Å². The Bertz CT molecular complexity index is 1360. The zero-order valence-electron chi connectivity index (χ0n) is 27.9. The summed E-state index contributed by atoms with van der Waals surface area (Å²) in [5, 5.41) is 61.9. The molecule has 3 aliphatic rings. The van der Waals surface area contributed by atoms with Gasteiger partial charge in [0.2, 0.25) is 5.91 Å². The molecule has 0 aromatic heterocycles. The number of aliphatic hydroxyl groups is 4. The number of hydrazine groups is 1. The second kappa shape index (κ2) is 19.4. The molecule has 1 aromatic rings. The number of aliphatic hydroxyl groups excluding tert-OH is 4. The Balaban J connectivity index is 1.43. The Morgan fingerprint density at radius 2 is 1.82 bits per heavy atom. The summed E-state index contributed by atoms with van der Waals surface area (Å²) in [6.45, 7) is 0.571. The molecule has 5 unspecified atom stereocenters. The molecule has 278 valence electrons. The van der Waals surface area contributed by atoms with Crippen LogP contribution in [-0.4, -0.2) is 146 Å². The Hall–Kier alpha value is -3.26. The number of nitrogens with one attached hydrogen (secondary N) is 2. The van der Waals surface area contributed by atoms with Gasteiger partial charge in [0.05, 0.1) is 25.0 Å². The van der Waals surface area contributed by atoms with Gasteiger partial charge in [0, 0.05) is 32.2 Å². The van der Waals surface area contributed by atoms with Crippen molar-refractivity contribution in [2.45, 2.75) is 80.5 Å². The standard InChI is InChI=1S/C33H48N4O12S/c1-36(48-18-27(42)37-11-4-2-5-12-37)22-10-7-9-21(8-3-6-13-47-32(46)28-20(14-22)15-23(39)16-24(28)40)34-35-26(41)19-50-33-31(45)30(44)29(43)25(17-38)49-33/h3,7-8,10,15-16,21-22,25,29-31,33-34,38-40,43-45H,2,4-6,9,11-14,17-19H2,1H3,(H,35,41)/b8-3+,10-7+/t21?,22?,25?,29-,30?,31?,33+/m1/s1. The predicted octanol–water partition coefficient (Wildman–Crippen LogP) is -0.530. The van der Waals surface area contributed by atoms with Crippen molar-refractivity contribution >= 4 is 29.5 Å². The van der Waals surface area contributed by atoms with Gasteiger partial charge < -0.3 is 45.0 Å². The maximum atomic E-state index is 13.1. The average molecular weight is 725 g/mol. The predicted molar refractivity (Wildman–Crippen MR) is 180 cm³/mol. The molecular weight excluding hydrogens is 676 g/mol. The van der Waals surface area contributed by atoms with Crippen molar-refractivity contribution in [1.82, 2.24) is 20.8 Å². The summed E-state index contributed by atoms with van der Waals surface area (Å²) in [5.74, 6) is -2.24. The monoisotopic (exact) mass is 724 g/mol. The van der Waals surface area contributed by atoms with Crippen LogP contribution in [0, 0.1) is 0 Å². The van der Waals surface area contributed by atoms with E-state index >= 15 is 0 Å². The summed E-state index contributed by atoms with van der Waals surface area (Å²) >= 11 is 0.895. The number of cyclic esters (lactones) is 1. The third-order valence-electron chi connectivity index (χ3n) is 8.64. The maximum absolute atomic E-state index is 13.1. The minimum atomic E-state index is -1.55. The third kappa shape index (κ3) is 11.1. The number of hydrogen-bond acceptors (Lipinski definition) is 15. The fraction of sp³-hybridized carbons (Fsp3) is 0.606. The van der Waals surface area contributed by atoms with Crippen molar-refractivity contribution < 1.29 is 59.3 Å². The summed E-state index contributed by atoms with van der Waals surface area (Å²) in [6, 6.07) is 1.43. The fourth-order valence-electron chi connectivity index (χ4n) is 5.79. The number of aromatic hydroxyl groups is 2. The topological polar surface area (TPSA) is 231 Å². The van der Waals surface area contributed by atoms with E-state index in [1.54, 1.807) is 30.2 Å². The summed E-state index contributed by atoms with van der Waals surface area (Å²) in [4.78, 5) is 46.2. The van der Waals surface area contributed by atoms with Gasteiger partial charge in [0.15, 0.2) is 0 Å². The van der Waals surface area contributed by atoms with E-state index in [2.05, 4.69) is 10.9 Å². The van der Waals surface area contributed by atoms with Crippen LogP contribution in [0.2, 0.25) is 0 Å². The van der Waals surface area contributed by atoms with Crippen molar-refractivity contribution in [1.29, 1.82) is 0 Å². The highest BCUT2D eigenvalue weighted by atomic mass is 32.2. The van der Waals surface area contributed by atoms with Gasteiger partial charge in [0.1, 0.15) is 53.5 Å². The molecule has 2 fully saturated rings. The molecule has 3 aliphatic heterocycles. The van der Waals surface area contributed by atoms with Crippen LogP contribution < -0.4 is 10.9 Å². The van der Waals surface area contributed by atoms with Crippen LogP contribution in [0.15, 0.2) is 36.4 Å². The molecule has 4 rings (SSSR count). The average Bonchev–Trinajstić information content (AvgIpc) is 3.10. The number of hydrogen-bond donors (Lipinski definition) is 8. The largest absolute Gasteiger partial charge is 0.508 e. The van der Waals surface area contributed by atoms with E-state index in [0.29, 0.717) is 31.5 Å². The Morgan fingerprint density at radius 1 is 1.06 bits per heavy atom.